The second-order valence-electron chi connectivity index (χ2n) is 4.98. The standard InChI is InChI=1S/C14H15ClN4OS/c15-12-7-10(9-21-12)14(20)17-11-3-2-6-19(8-11)13-4-1-5-16-18-13/h1,4-5,7,9,11H,2-3,6,8H2,(H,17,20). The van der Waals surface area contributed by atoms with Gasteiger partial charge < -0.3 is 10.2 Å². The SMILES string of the molecule is O=C(NC1CCCN(c2cccnn2)C1)c1csc(Cl)c1. The number of hydrogen-bond donors (Lipinski definition) is 1. The number of anilines is 1. The van der Waals surface area contributed by atoms with Gasteiger partial charge >= 0.3 is 0 Å². The number of amides is 1. The van der Waals surface area contributed by atoms with E-state index in [1.54, 1.807) is 17.6 Å². The smallest absolute Gasteiger partial charge is 0.252 e. The average Bonchev–Trinajstić information content (AvgIpc) is 2.95. The molecule has 5 nitrogen and oxygen atoms in total. The third kappa shape index (κ3) is 3.51. The van der Waals surface area contributed by atoms with Gasteiger partial charge in [-0.2, -0.15) is 5.10 Å². The number of piperidine rings is 1. The first-order chi connectivity index (χ1) is 10.2. The Bertz CT molecular complexity index is 618. The predicted octanol–water partition coefficient (Wildman–Crippen LogP) is 2.59. The zero-order valence-corrected chi connectivity index (χ0v) is 12.9. The summed E-state index contributed by atoms with van der Waals surface area (Å²) in [6.45, 7) is 1.69. The molecule has 1 amide bonds. The van der Waals surface area contributed by atoms with E-state index < -0.39 is 0 Å². The van der Waals surface area contributed by atoms with Crippen LogP contribution in [0.15, 0.2) is 29.8 Å². The number of carbonyl (C=O) groups is 1. The van der Waals surface area contributed by atoms with Gasteiger partial charge in [-0.3, -0.25) is 4.79 Å². The summed E-state index contributed by atoms with van der Waals surface area (Å²) in [6.07, 6.45) is 3.65. The van der Waals surface area contributed by atoms with Crippen molar-refractivity contribution in [2.24, 2.45) is 0 Å². The summed E-state index contributed by atoms with van der Waals surface area (Å²) in [5, 5.41) is 12.9. The molecule has 3 rings (SSSR count). The Morgan fingerprint density at radius 1 is 1.52 bits per heavy atom. The van der Waals surface area contributed by atoms with Gasteiger partial charge in [-0.1, -0.05) is 11.6 Å². The average molecular weight is 323 g/mol. The van der Waals surface area contributed by atoms with Crippen LogP contribution >= 0.6 is 22.9 Å². The summed E-state index contributed by atoms with van der Waals surface area (Å²) in [6, 6.07) is 5.63. The molecular weight excluding hydrogens is 308 g/mol. The van der Waals surface area contributed by atoms with Gasteiger partial charge in [-0.05, 0) is 31.0 Å². The summed E-state index contributed by atoms with van der Waals surface area (Å²) >= 11 is 7.23. The lowest BCUT2D eigenvalue weighted by Crippen LogP contribution is -2.48. The molecule has 2 aromatic heterocycles. The fourth-order valence-electron chi connectivity index (χ4n) is 2.46. The number of nitrogens with zero attached hydrogens (tertiary/aromatic N) is 3. The third-order valence-corrected chi connectivity index (χ3v) is 4.56. The Morgan fingerprint density at radius 2 is 2.43 bits per heavy atom. The molecule has 0 saturated carbocycles. The fourth-order valence-corrected chi connectivity index (χ4v) is 3.32. The Morgan fingerprint density at radius 3 is 3.14 bits per heavy atom. The van der Waals surface area contributed by atoms with Crippen LogP contribution in [0.2, 0.25) is 4.34 Å². The maximum atomic E-state index is 12.2. The van der Waals surface area contributed by atoms with Gasteiger partial charge in [-0.25, -0.2) is 0 Å². The molecule has 1 saturated heterocycles. The normalized spacial score (nSPS) is 18.5. The first-order valence-corrected chi connectivity index (χ1v) is 8.05. The maximum absolute atomic E-state index is 12.2. The largest absolute Gasteiger partial charge is 0.353 e. The number of aromatic nitrogens is 2. The molecule has 1 aliphatic heterocycles. The highest BCUT2D eigenvalue weighted by molar-refractivity contribution is 7.14. The zero-order chi connectivity index (χ0) is 14.7. The van der Waals surface area contributed by atoms with E-state index in [9.17, 15) is 4.79 Å². The van der Waals surface area contributed by atoms with Gasteiger partial charge in [-0.15, -0.1) is 16.4 Å². The predicted molar refractivity (Wildman–Crippen MR) is 84.1 cm³/mol. The van der Waals surface area contributed by atoms with Crippen molar-refractivity contribution in [1.82, 2.24) is 15.5 Å². The second-order valence-corrected chi connectivity index (χ2v) is 6.52. The van der Waals surface area contributed by atoms with E-state index in [0.717, 1.165) is 31.7 Å². The lowest BCUT2D eigenvalue weighted by molar-refractivity contribution is 0.0933. The first-order valence-electron chi connectivity index (χ1n) is 6.80. The van der Waals surface area contributed by atoms with Crippen LogP contribution in [0.5, 0.6) is 0 Å². The van der Waals surface area contributed by atoms with Crippen molar-refractivity contribution in [2.75, 3.05) is 18.0 Å². The van der Waals surface area contributed by atoms with Crippen molar-refractivity contribution in [2.45, 2.75) is 18.9 Å². The topological polar surface area (TPSA) is 58.1 Å². The maximum Gasteiger partial charge on any atom is 0.252 e. The molecule has 1 N–H and O–H groups in total. The van der Waals surface area contributed by atoms with Crippen LogP contribution in [-0.2, 0) is 0 Å². The van der Waals surface area contributed by atoms with Crippen LogP contribution in [0.1, 0.15) is 23.2 Å². The molecule has 1 unspecified atom stereocenters. The highest BCUT2D eigenvalue weighted by Crippen LogP contribution is 2.21. The highest BCUT2D eigenvalue weighted by atomic mass is 35.5. The van der Waals surface area contributed by atoms with Gasteiger partial charge in [0.1, 0.15) is 0 Å². The molecule has 1 atom stereocenters. The second kappa shape index (κ2) is 6.41. The number of nitrogens with one attached hydrogen (secondary N) is 1. The first kappa shape index (κ1) is 14.3. The Kier molecular flexibility index (Phi) is 4.36. The van der Waals surface area contributed by atoms with Gasteiger partial charge in [0.2, 0.25) is 0 Å². The van der Waals surface area contributed by atoms with Crippen LogP contribution in [0.4, 0.5) is 5.82 Å². The van der Waals surface area contributed by atoms with Gasteiger partial charge in [0, 0.05) is 30.7 Å². The third-order valence-electron chi connectivity index (χ3n) is 3.47. The van der Waals surface area contributed by atoms with Crippen molar-refractivity contribution < 1.29 is 4.79 Å². The Labute approximate surface area is 131 Å². The van der Waals surface area contributed by atoms with Crippen LogP contribution < -0.4 is 10.2 Å². The van der Waals surface area contributed by atoms with E-state index in [0.29, 0.717) is 9.90 Å². The number of halogens is 1. The summed E-state index contributed by atoms with van der Waals surface area (Å²) in [4.78, 5) is 14.3. The molecule has 7 heteroatoms. The number of carbonyl (C=O) groups excluding carboxylic acids is 1. The minimum Gasteiger partial charge on any atom is -0.353 e. The zero-order valence-electron chi connectivity index (χ0n) is 11.3. The van der Waals surface area contributed by atoms with E-state index >= 15 is 0 Å². The van der Waals surface area contributed by atoms with Crippen LogP contribution in [0, 0.1) is 0 Å². The van der Waals surface area contributed by atoms with Gasteiger partial charge in [0.25, 0.3) is 5.91 Å². The minimum absolute atomic E-state index is 0.0656. The monoisotopic (exact) mass is 322 g/mol. The molecule has 0 radical (unpaired) electrons. The molecule has 3 heterocycles. The lowest BCUT2D eigenvalue weighted by atomic mass is 10.1. The van der Waals surface area contributed by atoms with Gasteiger partial charge in [0.05, 0.1) is 9.90 Å². The minimum atomic E-state index is -0.0656. The van der Waals surface area contributed by atoms with E-state index in [1.165, 1.54) is 11.3 Å². The van der Waals surface area contributed by atoms with Gasteiger partial charge in [0.15, 0.2) is 5.82 Å². The molecule has 0 bridgehead atoms. The molecule has 1 fully saturated rings. The lowest BCUT2D eigenvalue weighted by Gasteiger charge is -2.33. The quantitative estimate of drug-likeness (QED) is 0.943. The van der Waals surface area contributed by atoms with Crippen molar-refractivity contribution in [3.05, 3.63) is 39.7 Å². The molecule has 1 aliphatic rings. The number of rotatable bonds is 3. The summed E-state index contributed by atoms with van der Waals surface area (Å²) < 4.78 is 0.630. The molecule has 0 spiro atoms. The summed E-state index contributed by atoms with van der Waals surface area (Å²) in [5.41, 5.74) is 0.627. The van der Waals surface area contributed by atoms with E-state index in [-0.39, 0.29) is 11.9 Å². The molecule has 0 aliphatic carbocycles. The number of hydrogen-bond acceptors (Lipinski definition) is 5. The van der Waals surface area contributed by atoms with Crippen molar-refractivity contribution in [3.8, 4) is 0 Å². The molecule has 21 heavy (non-hydrogen) atoms. The molecule has 0 aromatic carbocycles. The molecule has 2 aromatic rings. The van der Waals surface area contributed by atoms with Crippen molar-refractivity contribution in [1.29, 1.82) is 0 Å². The van der Waals surface area contributed by atoms with Crippen molar-refractivity contribution in [3.63, 3.8) is 0 Å². The highest BCUT2D eigenvalue weighted by Gasteiger charge is 2.23. The Balaban J connectivity index is 1.62. The summed E-state index contributed by atoms with van der Waals surface area (Å²) in [7, 11) is 0. The summed E-state index contributed by atoms with van der Waals surface area (Å²) in [5.74, 6) is 0.791. The van der Waals surface area contributed by atoms with Crippen molar-refractivity contribution >= 4 is 34.7 Å². The van der Waals surface area contributed by atoms with Crippen LogP contribution in [0.25, 0.3) is 0 Å². The molecular formula is C14H15ClN4OS. The van der Waals surface area contributed by atoms with E-state index in [4.69, 9.17) is 11.6 Å². The van der Waals surface area contributed by atoms with Crippen LogP contribution in [0.3, 0.4) is 0 Å². The van der Waals surface area contributed by atoms with E-state index in [2.05, 4.69) is 20.4 Å². The fraction of sp³-hybridized carbons (Fsp3) is 0.357. The van der Waals surface area contributed by atoms with Crippen LogP contribution in [-0.4, -0.2) is 35.2 Å². The van der Waals surface area contributed by atoms with E-state index in [1.807, 2.05) is 12.1 Å². The molecule has 110 valence electrons. The Hall–Kier alpha value is -1.66. The number of thiophene rings is 1.